The van der Waals surface area contributed by atoms with Gasteiger partial charge in [0.2, 0.25) is 0 Å². The van der Waals surface area contributed by atoms with Gasteiger partial charge in [-0.3, -0.25) is 0 Å². The highest BCUT2D eigenvalue weighted by Crippen LogP contribution is 2.35. The maximum absolute atomic E-state index is 12.3. The van der Waals surface area contributed by atoms with Crippen LogP contribution in [0.5, 0.6) is 0 Å². The molecule has 1 saturated carbocycles. The molecule has 1 fully saturated rings. The quantitative estimate of drug-likeness (QED) is 0.788. The largest absolute Gasteiger partial charge is 0.398 e. The number of hydrogen-bond donors (Lipinski definition) is 1. The van der Waals surface area contributed by atoms with Crippen molar-refractivity contribution < 1.29 is 13.2 Å². The molecule has 2 atom stereocenters. The fourth-order valence-electron chi connectivity index (χ4n) is 2.43. The molecule has 1 aromatic carbocycles. The Morgan fingerprint density at radius 2 is 2.00 bits per heavy atom. The number of anilines is 1. The van der Waals surface area contributed by atoms with Crippen molar-refractivity contribution in [3.63, 3.8) is 0 Å². The summed E-state index contributed by atoms with van der Waals surface area (Å²) in [5.41, 5.74) is 0.829. The molecule has 1 aliphatic carbocycles. The van der Waals surface area contributed by atoms with Gasteiger partial charge in [-0.15, -0.1) is 11.8 Å². The number of nitrogens with one attached hydrogen (secondary N) is 1. The summed E-state index contributed by atoms with van der Waals surface area (Å²) in [6, 6.07) is 7.64. The van der Waals surface area contributed by atoms with Crippen molar-refractivity contribution in [1.82, 2.24) is 0 Å². The smallest absolute Gasteiger partial charge is 0.381 e. The van der Waals surface area contributed by atoms with E-state index in [1.54, 1.807) is 12.1 Å². The molecule has 2 unspecified atom stereocenters. The number of hydrogen-bond acceptors (Lipinski definition) is 2. The van der Waals surface area contributed by atoms with Crippen molar-refractivity contribution in [3.05, 3.63) is 24.3 Å². The summed E-state index contributed by atoms with van der Waals surface area (Å²) in [7, 11) is 0. The fourth-order valence-corrected chi connectivity index (χ4v) is 3.21. The number of benzene rings is 1. The highest BCUT2D eigenvalue weighted by atomic mass is 32.2. The van der Waals surface area contributed by atoms with Crippen LogP contribution in [-0.2, 0) is 0 Å². The summed E-state index contributed by atoms with van der Waals surface area (Å²) in [5.74, 6) is -0.257. The monoisotopic (exact) mass is 289 g/mol. The van der Waals surface area contributed by atoms with Crippen LogP contribution < -0.4 is 5.32 Å². The Morgan fingerprint density at radius 3 is 2.63 bits per heavy atom. The van der Waals surface area contributed by atoms with Crippen LogP contribution in [-0.4, -0.2) is 18.0 Å². The molecular formula is C14H18F3NS. The second-order valence-electron chi connectivity index (χ2n) is 5.06. The van der Waals surface area contributed by atoms with Gasteiger partial charge in [0.1, 0.15) is 0 Å². The van der Waals surface area contributed by atoms with Crippen molar-refractivity contribution in [2.45, 2.75) is 43.3 Å². The Morgan fingerprint density at radius 1 is 1.26 bits per heavy atom. The average Bonchev–Trinajstić information content (AvgIpc) is 2.73. The lowest BCUT2D eigenvalue weighted by Crippen LogP contribution is -2.22. The molecule has 0 spiro atoms. The lowest BCUT2D eigenvalue weighted by molar-refractivity contribution is -0.105. The van der Waals surface area contributed by atoms with E-state index in [4.69, 9.17) is 0 Å². The molecule has 0 aliphatic heterocycles. The maximum atomic E-state index is 12.3. The van der Waals surface area contributed by atoms with Crippen LogP contribution in [0, 0.1) is 5.92 Å². The highest BCUT2D eigenvalue weighted by molar-refractivity contribution is 7.99. The van der Waals surface area contributed by atoms with Crippen molar-refractivity contribution in [1.29, 1.82) is 0 Å². The van der Waals surface area contributed by atoms with E-state index < -0.39 is 11.9 Å². The van der Waals surface area contributed by atoms with Crippen LogP contribution in [0.25, 0.3) is 0 Å². The molecule has 5 heteroatoms. The molecular weight excluding hydrogens is 271 g/mol. The van der Waals surface area contributed by atoms with E-state index in [1.165, 1.54) is 12.8 Å². The standard InChI is InChI=1S/C14H18F3NS/c1-10-5-4-7-11(10)18-12-6-2-3-8-13(12)19-9-14(15,16)17/h2-3,6,8,10-11,18H,4-5,7,9H2,1H3. The molecule has 1 aromatic rings. The van der Waals surface area contributed by atoms with E-state index in [-0.39, 0.29) is 0 Å². The van der Waals surface area contributed by atoms with Crippen molar-refractivity contribution in [2.24, 2.45) is 5.92 Å². The van der Waals surface area contributed by atoms with Crippen LogP contribution in [0.2, 0.25) is 0 Å². The summed E-state index contributed by atoms with van der Waals surface area (Å²) in [5, 5.41) is 3.41. The molecule has 106 valence electrons. The molecule has 1 N–H and O–H groups in total. The van der Waals surface area contributed by atoms with Gasteiger partial charge in [0.25, 0.3) is 0 Å². The van der Waals surface area contributed by atoms with E-state index in [1.807, 2.05) is 12.1 Å². The zero-order valence-electron chi connectivity index (χ0n) is 10.8. The summed E-state index contributed by atoms with van der Waals surface area (Å²) in [6.07, 6.45) is -0.649. The second kappa shape index (κ2) is 6.07. The first kappa shape index (κ1) is 14.6. The third kappa shape index (κ3) is 4.34. The number of para-hydroxylation sites is 1. The van der Waals surface area contributed by atoms with Crippen LogP contribution in [0.15, 0.2) is 29.2 Å². The predicted molar refractivity (Wildman–Crippen MR) is 73.6 cm³/mol. The van der Waals surface area contributed by atoms with Crippen LogP contribution >= 0.6 is 11.8 Å². The Labute approximate surface area is 116 Å². The zero-order chi connectivity index (χ0) is 13.9. The summed E-state index contributed by atoms with van der Waals surface area (Å²) < 4.78 is 36.9. The topological polar surface area (TPSA) is 12.0 Å². The first-order valence-corrected chi connectivity index (χ1v) is 7.49. The number of rotatable bonds is 4. The Bertz CT molecular complexity index is 419. The van der Waals surface area contributed by atoms with Gasteiger partial charge in [-0.2, -0.15) is 13.2 Å². The highest BCUT2D eigenvalue weighted by Gasteiger charge is 2.28. The van der Waals surface area contributed by atoms with Gasteiger partial charge in [-0.05, 0) is 30.9 Å². The van der Waals surface area contributed by atoms with Gasteiger partial charge in [0.05, 0.1) is 5.75 Å². The third-order valence-electron chi connectivity index (χ3n) is 3.48. The van der Waals surface area contributed by atoms with Gasteiger partial charge in [0.15, 0.2) is 0 Å². The lowest BCUT2D eigenvalue weighted by atomic mass is 10.1. The number of thioether (sulfide) groups is 1. The third-order valence-corrected chi connectivity index (χ3v) is 4.62. The lowest BCUT2D eigenvalue weighted by Gasteiger charge is -2.21. The van der Waals surface area contributed by atoms with Gasteiger partial charge in [0, 0.05) is 16.6 Å². The van der Waals surface area contributed by atoms with Gasteiger partial charge < -0.3 is 5.32 Å². The molecule has 0 saturated heterocycles. The first-order chi connectivity index (χ1) is 8.96. The molecule has 1 aliphatic rings. The SMILES string of the molecule is CC1CCCC1Nc1ccccc1SCC(F)(F)F. The summed E-state index contributed by atoms with van der Waals surface area (Å²) in [4.78, 5) is 0.680. The van der Waals surface area contributed by atoms with Crippen molar-refractivity contribution >= 4 is 17.4 Å². The minimum atomic E-state index is -4.13. The molecule has 0 bridgehead atoms. The second-order valence-corrected chi connectivity index (χ2v) is 6.08. The molecule has 19 heavy (non-hydrogen) atoms. The minimum Gasteiger partial charge on any atom is -0.381 e. The normalized spacial score (nSPS) is 23.6. The molecule has 2 rings (SSSR count). The predicted octanol–water partition coefficient (Wildman–Crippen LogP) is 4.94. The molecule has 1 nitrogen and oxygen atoms in total. The van der Waals surface area contributed by atoms with Gasteiger partial charge in [-0.1, -0.05) is 25.5 Å². The summed E-state index contributed by atoms with van der Waals surface area (Å²) >= 11 is 0.851. The molecule has 0 radical (unpaired) electrons. The van der Waals surface area contributed by atoms with E-state index in [9.17, 15) is 13.2 Å². The van der Waals surface area contributed by atoms with Crippen LogP contribution in [0.4, 0.5) is 18.9 Å². The van der Waals surface area contributed by atoms with Gasteiger partial charge >= 0.3 is 6.18 Å². The molecule has 0 heterocycles. The van der Waals surface area contributed by atoms with E-state index in [0.29, 0.717) is 16.9 Å². The molecule has 0 aromatic heterocycles. The summed E-state index contributed by atoms with van der Waals surface area (Å²) in [6.45, 7) is 2.19. The van der Waals surface area contributed by atoms with E-state index in [0.717, 1.165) is 23.9 Å². The van der Waals surface area contributed by atoms with E-state index >= 15 is 0 Å². The first-order valence-electron chi connectivity index (χ1n) is 6.51. The van der Waals surface area contributed by atoms with E-state index in [2.05, 4.69) is 12.2 Å². The molecule has 0 amide bonds. The fraction of sp³-hybridized carbons (Fsp3) is 0.571. The van der Waals surface area contributed by atoms with Gasteiger partial charge in [-0.25, -0.2) is 0 Å². The Balaban J connectivity index is 2.03. The van der Waals surface area contributed by atoms with Crippen molar-refractivity contribution in [2.75, 3.05) is 11.1 Å². The number of halogens is 3. The van der Waals surface area contributed by atoms with Crippen LogP contribution in [0.3, 0.4) is 0 Å². The maximum Gasteiger partial charge on any atom is 0.398 e. The minimum absolute atomic E-state index is 0.382. The zero-order valence-corrected chi connectivity index (χ0v) is 11.7. The average molecular weight is 289 g/mol. The van der Waals surface area contributed by atoms with Crippen LogP contribution in [0.1, 0.15) is 26.2 Å². The van der Waals surface area contributed by atoms with Crippen molar-refractivity contribution in [3.8, 4) is 0 Å². The number of alkyl halides is 3. The Hall–Kier alpha value is -0.840. The Kier molecular flexibility index (Phi) is 4.66.